The normalized spacial score (nSPS) is 16.6. The van der Waals surface area contributed by atoms with Gasteiger partial charge in [-0.05, 0) is 31.3 Å². The van der Waals surface area contributed by atoms with E-state index in [1.165, 1.54) is 0 Å². The van der Waals surface area contributed by atoms with Crippen LogP contribution in [0.4, 0.5) is 0 Å². The van der Waals surface area contributed by atoms with Gasteiger partial charge in [0, 0.05) is 0 Å². The maximum absolute atomic E-state index is 8.70. The van der Waals surface area contributed by atoms with E-state index in [4.69, 9.17) is 10.5 Å². The van der Waals surface area contributed by atoms with E-state index in [0.717, 1.165) is 18.4 Å². The van der Waals surface area contributed by atoms with E-state index in [9.17, 15) is 0 Å². The van der Waals surface area contributed by atoms with Crippen LogP contribution in [0.2, 0.25) is 0 Å². The van der Waals surface area contributed by atoms with E-state index < -0.39 is 5.41 Å². The predicted octanol–water partition coefficient (Wildman–Crippen LogP) is 2.01. The second-order valence-corrected chi connectivity index (χ2v) is 3.15. The van der Waals surface area contributed by atoms with Crippen LogP contribution in [0.25, 0.3) is 0 Å². The molecule has 0 aliphatic heterocycles. The summed E-state index contributed by atoms with van der Waals surface area (Å²) in [5, 5.41) is 17.4. The lowest BCUT2D eigenvalue weighted by molar-refractivity contribution is 0.648. The highest BCUT2D eigenvalue weighted by atomic mass is 14.4. The molecule has 1 aliphatic rings. The van der Waals surface area contributed by atoms with E-state index >= 15 is 0 Å². The Morgan fingerprint density at radius 2 is 1.91 bits per heavy atom. The van der Waals surface area contributed by atoms with Gasteiger partial charge < -0.3 is 0 Å². The minimum Gasteiger partial charge on any atom is -0.196 e. The number of nitriles is 2. The monoisotopic (exact) mass is 146 g/mol. The molecule has 0 saturated heterocycles. The van der Waals surface area contributed by atoms with E-state index in [-0.39, 0.29) is 0 Å². The molecule has 1 aliphatic carbocycles. The van der Waals surface area contributed by atoms with Crippen molar-refractivity contribution in [3.05, 3.63) is 12.2 Å². The zero-order valence-electron chi connectivity index (χ0n) is 6.59. The Kier molecular flexibility index (Phi) is 1.71. The molecule has 11 heavy (non-hydrogen) atoms. The predicted molar refractivity (Wildman–Crippen MR) is 41.2 cm³/mol. The van der Waals surface area contributed by atoms with Gasteiger partial charge >= 0.3 is 0 Å². The molecule has 0 unspecified atom stereocenters. The number of hydrogen-bond acceptors (Lipinski definition) is 2. The van der Waals surface area contributed by atoms with Crippen molar-refractivity contribution >= 4 is 0 Å². The molecular weight excluding hydrogens is 136 g/mol. The van der Waals surface area contributed by atoms with Crippen molar-refractivity contribution < 1.29 is 0 Å². The minimum atomic E-state index is -0.957. The summed E-state index contributed by atoms with van der Waals surface area (Å²) in [5.41, 5.74) is -0.163. The average Bonchev–Trinajstić information content (AvgIpc) is 2.84. The maximum atomic E-state index is 8.70. The number of rotatable bonds is 2. The van der Waals surface area contributed by atoms with Crippen LogP contribution in [-0.4, -0.2) is 0 Å². The Hall–Kier alpha value is -1.28. The van der Waals surface area contributed by atoms with Crippen molar-refractivity contribution in [3.8, 4) is 12.1 Å². The smallest absolute Gasteiger partial charge is 0.161 e. The van der Waals surface area contributed by atoms with Gasteiger partial charge in [0.15, 0.2) is 5.41 Å². The van der Waals surface area contributed by atoms with Crippen molar-refractivity contribution in [2.45, 2.75) is 19.8 Å². The molecule has 0 N–H and O–H groups in total. The van der Waals surface area contributed by atoms with Gasteiger partial charge in [0.1, 0.15) is 0 Å². The Morgan fingerprint density at radius 1 is 1.45 bits per heavy atom. The van der Waals surface area contributed by atoms with Crippen LogP contribution in [-0.2, 0) is 0 Å². The van der Waals surface area contributed by atoms with Crippen LogP contribution in [0.1, 0.15) is 19.8 Å². The third kappa shape index (κ3) is 1.25. The Bertz CT molecular complexity index is 246. The molecule has 0 radical (unpaired) electrons. The average molecular weight is 146 g/mol. The summed E-state index contributed by atoms with van der Waals surface area (Å²) in [5.74, 6) is 0.430. The molecule has 0 spiro atoms. The van der Waals surface area contributed by atoms with Gasteiger partial charge in [-0.2, -0.15) is 10.5 Å². The van der Waals surface area contributed by atoms with Gasteiger partial charge in [0.25, 0.3) is 0 Å². The topological polar surface area (TPSA) is 47.6 Å². The summed E-state index contributed by atoms with van der Waals surface area (Å²) in [4.78, 5) is 0. The van der Waals surface area contributed by atoms with Crippen LogP contribution >= 0.6 is 0 Å². The van der Waals surface area contributed by atoms with Crippen molar-refractivity contribution in [1.82, 2.24) is 0 Å². The van der Waals surface area contributed by atoms with Crippen LogP contribution < -0.4 is 0 Å². The largest absolute Gasteiger partial charge is 0.196 e. The highest BCUT2D eigenvalue weighted by Gasteiger charge is 2.37. The van der Waals surface area contributed by atoms with Gasteiger partial charge in [0.05, 0.1) is 12.1 Å². The molecule has 2 heteroatoms. The molecule has 0 aromatic carbocycles. The number of hydrogen-bond donors (Lipinski definition) is 0. The van der Waals surface area contributed by atoms with Gasteiger partial charge in [-0.1, -0.05) is 6.58 Å². The third-order valence-electron chi connectivity index (χ3n) is 2.16. The summed E-state index contributed by atoms with van der Waals surface area (Å²) in [7, 11) is 0. The summed E-state index contributed by atoms with van der Waals surface area (Å²) < 4.78 is 0. The lowest BCUT2D eigenvalue weighted by Gasteiger charge is -2.14. The molecule has 1 fully saturated rings. The molecular formula is C9H10N2. The van der Waals surface area contributed by atoms with Gasteiger partial charge in [-0.3, -0.25) is 0 Å². The minimum absolute atomic E-state index is 0.430. The second-order valence-electron chi connectivity index (χ2n) is 3.15. The maximum Gasteiger partial charge on any atom is 0.161 e. The van der Waals surface area contributed by atoms with Crippen molar-refractivity contribution in [2.75, 3.05) is 0 Å². The Morgan fingerprint density at radius 3 is 2.18 bits per heavy atom. The fourth-order valence-electron chi connectivity index (χ4n) is 1.01. The zero-order valence-corrected chi connectivity index (χ0v) is 6.59. The molecule has 2 nitrogen and oxygen atoms in total. The number of nitrogens with zero attached hydrogens (tertiary/aromatic N) is 2. The second kappa shape index (κ2) is 2.40. The van der Waals surface area contributed by atoms with Crippen LogP contribution in [0, 0.1) is 34.0 Å². The first-order chi connectivity index (χ1) is 5.14. The lowest BCUT2D eigenvalue weighted by atomic mass is 9.83. The first-order valence-corrected chi connectivity index (χ1v) is 3.66. The first-order valence-electron chi connectivity index (χ1n) is 3.66. The highest BCUT2D eigenvalue weighted by molar-refractivity contribution is 5.32. The van der Waals surface area contributed by atoms with E-state index in [1.807, 2.05) is 12.1 Å². The van der Waals surface area contributed by atoms with Crippen LogP contribution in [0.3, 0.4) is 0 Å². The van der Waals surface area contributed by atoms with Gasteiger partial charge in [-0.25, -0.2) is 0 Å². The molecule has 0 amide bonds. The van der Waals surface area contributed by atoms with E-state index in [1.54, 1.807) is 6.92 Å². The van der Waals surface area contributed by atoms with Crippen LogP contribution in [0.15, 0.2) is 12.2 Å². The lowest BCUT2D eigenvalue weighted by Crippen LogP contribution is -2.14. The molecule has 0 bridgehead atoms. The van der Waals surface area contributed by atoms with E-state index in [2.05, 4.69) is 6.58 Å². The quantitative estimate of drug-likeness (QED) is 0.559. The SMILES string of the molecule is C=C(C1CC1)C(C)(C#N)C#N. The van der Waals surface area contributed by atoms with E-state index in [0.29, 0.717) is 5.92 Å². The van der Waals surface area contributed by atoms with Crippen LogP contribution in [0.5, 0.6) is 0 Å². The Balaban J connectivity index is 2.79. The third-order valence-corrected chi connectivity index (χ3v) is 2.16. The van der Waals surface area contributed by atoms with Crippen molar-refractivity contribution in [3.63, 3.8) is 0 Å². The summed E-state index contributed by atoms with van der Waals surface area (Å²) in [6.45, 7) is 5.42. The first kappa shape index (κ1) is 7.82. The van der Waals surface area contributed by atoms with Crippen molar-refractivity contribution in [1.29, 1.82) is 10.5 Å². The number of allylic oxidation sites excluding steroid dienone is 1. The fourth-order valence-corrected chi connectivity index (χ4v) is 1.01. The standard InChI is InChI=1S/C9H10N2/c1-7(8-3-4-8)9(2,5-10)6-11/h8H,1,3-4H2,2H3. The molecule has 1 rings (SSSR count). The molecule has 0 aromatic rings. The molecule has 0 heterocycles. The van der Waals surface area contributed by atoms with Crippen molar-refractivity contribution in [2.24, 2.45) is 11.3 Å². The Labute approximate surface area is 66.7 Å². The van der Waals surface area contributed by atoms with Gasteiger partial charge in [-0.15, -0.1) is 0 Å². The molecule has 0 atom stereocenters. The van der Waals surface area contributed by atoms with Gasteiger partial charge in [0.2, 0.25) is 0 Å². The fraction of sp³-hybridized carbons (Fsp3) is 0.556. The summed E-state index contributed by atoms with van der Waals surface area (Å²) >= 11 is 0. The zero-order chi connectivity index (χ0) is 8.48. The molecule has 56 valence electrons. The highest BCUT2D eigenvalue weighted by Crippen LogP contribution is 2.43. The summed E-state index contributed by atoms with van der Waals surface area (Å²) in [6.07, 6.45) is 2.19. The molecule has 0 aromatic heterocycles. The molecule has 1 saturated carbocycles. The summed E-state index contributed by atoms with van der Waals surface area (Å²) in [6, 6.07) is 3.98.